The van der Waals surface area contributed by atoms with Gasteiger partial charge in [0.05, 0.1) is 44.1 Å². The number of quaternary nitrogens is 1. The lowest BCUT2D eigenvalue weighted by atomic mass is 10.1. The van der Waals surface area contributed by atoms with Gasteiger partial charge in [-0.2, -0.15) is 5.10 Å². The highest BCUT2D eigenvalue weighted by molar-refractivity contribution is 7.80. The van der Waals surface area contributed by atoms with Crippen LogP contribution in [0.2, 0.25) is 0 Å². The molecule has 5 nitrogen and oxygen atoms in total. The van der Waals surface area contributed by atoms with E-state index in [1.54, 1.807) is 11.0 Å². The lowest BCUT2D eigenvalue weighted by molar-refractivity contribution is -0.898. The minimum atomic E-state index is -0.198. The van der Waals surface area contributed by atoms with Gasteiger partial charge in [0.15, 0.2) is 5.11 Å². The summed E-state index contributed by atoms with van der Waals surface area (Å²) in [7, 11) is 0. The molecule has 0 saturated carbocycles. The van der Waals surface area contributed by atoms with Gasteiger partial charge >= 0.3 is 0 Å². The number of piperazine rings is 1. The van der Waals surface area contributed by atoms with Gasteiger partial charge in [0.1, 0.15) is 5.82 Å². The average Bonchev–Trinajstić information content (AvgIpc) is 2.60. The van der Waals surface area contributed by atoms with Crippen LogP contribution in [0.1, 0.15) is 26.3 Å². The van der Waals surface area contributed by atoms with Gasteiger partial charge in [0.2, 0.25) is 0 Å². The number of hydrogen-bond acceptors (Lipinski definition) is 3. The van der Waals surface area contributed by atoms with Crippen LogP contribution in [-0.4, -0.2) is 50.1 Å². The van der Waals surface area contributed by atoms with E-state index < -0.39 is 0 Å². The van der Waals surface area contributed by atoms with E-state index in [1.807, 2.05) is 26.0 Å². The van der Waals surface area contributed by atoms with Crippen LogP contribution in [0.4, 0.5) is 10.1 Å². The van der Waals surface area contributed by atoms with E-state index in [0.29, 0.717) is 16.5 Å². The maximum atomic E-state index is 14.5. The van der Waals surface area contributed by atoms with Crippen LogP contribution in [0.5, 0.6) is 0 Å². The minimum Gasteiger partial charge on any atom is -0.362 e. The van der Waals surface area contributed by atoms with Gasteiger partial charge in [-0.15, -0.1) is 0 Å². The number of halogens is 1. The van der Waals surface area contributed by atoms with Crippen LogP contribution in [0, 0.1) is 5.82 Å². The highest BCUT2D eigenvalue weighted by atomic mass is 32.1. The van der Waals surface area contributed by atoms with Crippen LogP contribution in [-0.2, 0) is 0 Å². The number of hydrogen-bond donors (Lipinski definition) is 3. The summed E-state index contributed by atoms with van der Waals surface area (Å²) in [5.74, 6) is -0.198. The maximum Gasteiger partial charge on any atom is 0.186 e. The van der Waals surface area contributed by atoms with Crippen molar-refractivity contribution in [3.63, 3.8) is 0 Å². The monoisotopic (exact) mass is 352 g/mol. The topological polar surface area (TPSA) is 44.1 Å². The molecule has 0 spiro atoms. The fourth-order valence-electron chi connectivity index (χ4n) is 2.81. The highest BCUT2D eigenvalue weighted by Gasteiger charge is 2.21. The van der Waals surface area contributed by atoms with E-state index >= 15 is 0 Å². The number of thiocarbonyl (C=S) groups is 1. The van der Waals surface area contributed by atoms with Crippen molar-refractivity contribution in [1.82, 2.24) is 10.7 Å². The Hall–Kier alpha value is -1.73. The Kier molecular flexibility index (Phi) is 6.93. The second kappa shape index (κ2) is 8.94. The highest BCUT2D eigenvalue weighted by Crippen LogP contribution is 2.21. The summed E-state index contributed by atoms with van der Waals surface area (Å²) < 4.78 is 14.5. The molecule has 0 radical (unpaired) electrons. The molecule has 1 saturated heterocycles. The standard InChI is InChI=1S/C17H26FN5S/c1-4-19-17(24)21-20-13(3)14-6-7-16(15(18)12-14)23-10-8-22(5-2)9-11-23/h6-7,12H,4-5,8-11H2,1-3H3,(H2,19,21,24)/p+1/b20-13-. The van der Waals surface area contributed by atoms with Crippen LogP contribution in [0.3, 0.4) is 0 Å². The van der Waals surface area contributed by atoms with Crippen molar-refractivity contribution in [2.75, 3.05) is 44.2 Å². The van der Waals surface area contributed by atoms with Crippen molar-refractivity contribution in [2.45, 2.75) is 20.8 Å². The van der Waals surface area contributed by atoms with Gasteiger partial charge in [-0.3, -0.25) is 5.43 Å². The molecule has 1 aromatic rings. The van der Waals surface area contributed by atoms with Gasteiger partial charge < -0.3 is 15.1 Å². The van der Waals surface area contributed by atoms with Crippen LogP contribution in [0.25, 0.3) is 0 Å². The first-order chi connectivity index (χ1) is 11.5. The fourth-order valence-corrected chi connectivity index (χ4v) is 3.00. The molecule has 24 heavy (non-hydrogen) atoms. The number of rotatable bonds is 5. The van der Waals surface area contributed by atoms with E-state index in [0.717, 1.165) is 44.8 Å². The van der Waals surface area contributed by atoms with Crippen molar-refractivity contribution < 1.29 is 9.29 Å². The molecule has 1 aliphatic heterocycles. The van der Waals surface area contributed by atoms with Gasteiger partial charge in [-0.25, -0.2) is 4.39 Å². The van der Waals surface area contributed by atoms with Crippen molar-refractivity contribution in [3.05, 3.63) is 29.6 Å². The molecule has 7 heteroatoms. The second-order valence-electron chi connectivity index (χ2n) is 5.93. The van der Waals surface area contributed by atoms with E-state index in [1.165, 1.54) is 0 Å². The fraction of sp³-hybridized carbons (Fsp3) is 0.529. The Labute approximate surface area is 148 Å². The number of hydrazone groups is 1. The summed E-state index contributed by atoms with van der Waals surface area (Å²) in [4.78, 5) is 3.71. The molecule has 3 N–H and O–H groups in total. The van der Waals surface area contributed by atoms with Gasteiger partial charge in [0, 0.05) is 12.1 Å². The van der Waals surface area contributed by atoms with Crippen LogP contribution < -0.4 is 20.5 Å². The third-order valence-electron chi connectivity index (χ3n) is 4.34. The first-order valence-corrected chi connectivity index (χ1v) is 8.92. The van der Waals surface area contributed by atoms with Gasteiger partial charge in [-0.1, -0.05) is 6.07 Å². The summed E-state index contributed by atoms with van der Waals surface area (Å²) in [6.07, 6.45) is 0. The van der Waals surface area contributed by atoms with Crippen molar-refractivity contribution in [1.29, 1.82) is 0 Å². The molecule has 0 amide bonds. The minimum absolute atomic E-state index is 0.198. The molecule has 1 fully saturated rings. The Balaban J connectivity index is 2.04. The third-order valence-corrected chi connectivity index (χ3v) is 4.57. The molecule has 0 aromatic heterocycles. The normalized spacial score (nSPS) is 16.2. The number of nitrogens with zero attached hydrogens (tertiary/aromatic N) is 2. The molecule has 1 heterocycles. The summed E-state index contributed by atoms with van der Waals surface area (Å²) in [6.45, 7) is 11.8. The molecule has 0 aliphatic carbocycles. The maximum absolute atomic E-state index is 14.5. The first-order valence-electron chi connectivity index (χ1n) is 8.51. The predicted molar refractivity (Wildman–Crippen MR) is 101 cm³/mol. The molecular weight excluding hydrogens is 325 g/mol. The number of likely N-dealkylation sites (N-methyl/N-ethyl adjacent to an activating group) is 1. The SMILES string of the molecule is CCNC(=S)N/N=C(/C)c1ccc(N2CC[NH+](CC)CC2)c(F)c1. The van der Waals surface area contributed by atoms with E-state index in [9.17, 15) is 4.39 Å². The zero-order valence-electron chi connectivity index (χ0n) is 14.7. The molecule has 1 aliphatic rings. The molecule has 0 bridgehead atoms. The molecule has 1 aromatic carbocycles. The van der Waals surface area contributed by atoms with E-state index in [2.05, 4.69) is 27.7 Å². The first kappa shape index (κ1) is 18.6. The van der Waals surface area contributed by atoms with Crippen molar-refractivity contribution in [3.8, 4) is 0 Å². The molecule has 0 unspecified atom stereocenters. The van der Waals surface area contributed by atoms with Gasteiger partial charge in [0.25, 0.3) is 0 Å². The smallest absolute Gasteiger partial charge is 0.186 e. The van der Waals surface area contributed by atoms with E-state index in [4.69, 9.17) is 12.2 Å². The summed E-state index contributed by atoms with van der Waals surface area (Å²) in [5.41, 5.74) is 4.89. The Morgan fingerprint density at radius 3 is 2.62 bits per heavy atom. The van der Waals surface area contributed by atoms with Crippen LogP contribution >= 0.6 is 12.2 Å². The third kappa shape index (κ3) is 4.88. The Morgan fingerprint density at radius 1 is 1.33 bits per heavy atom. The number of anilines is 1. The number of nitrogens with one attached hydrogen (secondary N) is 3. The summed E-state index contributed by atoms with van der Waals surface area (Å²) in [5, 5.41) is 7.61. The molecular formula is C17H27FN5S+. The van der Waals surface area contributed by atoms with Crippen molar-refractivity contribution >= 4 is 28.7 Å². The molecule has 2 rings (SSSR count). The summed E-state index contributed by atoms with van der Waals surface area (Å²) >= 11 is 5.06. The van der Waals surface area contributed by atoms with Gasteiger partial charge in [-0.05, 0) is 45.1 Å². The summed E-state index contributed by atoms with van der Waals surface area (Å²) in [6, 6.07) is 5.31. The van der Waals surface area contributed by atoms with E-state index in [-0.39, 0.29) is 5.82 Å². The Bertz CT molecular complexity index is 597. The average molecular weight is 353 g/mol. The number of benzene rings is 1. The zero-order chi connectivity index (χ0) is 17.5. The van der Waals surface area contributed by atoms with Crippen LogP contribution in [0.15, 0.2) is 23.3 Å². The lowest BCUT2D eigenvalue weighted by Gasteiger charge is -2.33. The predicted octanol–water partition coefficient (Wildman–Crippen LogP) is 0.759. The molecule has 132 valence electrons. The molecule has 0 atom stereocenters. The second-order valence-corrected chi connectivity index (χ2v) is 6.33. The van der Waals surface area contributed by atoms with Crippen molar-refractivity contribution in [2.24, 2.45) is 5.10 Å². The Morgan fingerprint density at radius 2 is 2.04 bits per heavy atom. The quantitative estimate of drug-likeness (QED) is 0.416. The largest absolute Gasteiger partial charge is 0.362 e. The lowest BCUT2D eigenvalue weighted by Crippen LogP contribution is -3.14. The zero-order valence-corrected chi connectivity index (χ0v) is 15.5.